The van der Waals surface area contributed by atoms with E-state index in [1.807, 2.05) is 11.0 Å². The summed E-state index contributed by atoms with van der Waals surface area (Å²) in [6, 6.07) is 8.60. The average Bonchev–Trinajstić information content (AvgIpc) is 3.39. The van der Waals surface area contributed by atoms with E-state index < -0.39 is 0 Å². The molecule has 162 valence electrons. The van der Waals surface area contributed by atoms with Crippen molar-refractivity contribution >= 4 is 35.8 Å². The van der Waals surface area contributed by atoms with Crippen LogP contribution in [0.3, 0.4) is 0 Å². The van der Waals surface area contributed by atoms with Gasteiger partial charge in [0.05, 0.1) is 13.2 Å². The molecule has 29 heavy (non-hydrogen) atoms. The molecule has 2 fully saturated rings. The van der Waals surface area contributed by atoms with Crippen LogP contribution in [0.25, 0.3) is 0 Å². The van der Waals surface area contributed by atoms with Crippen molar-refractivity contribution in [3.05, 3.63) is 35.4 Å². The molecule has 1 atom stereocenters. The summed E-state index contributed by atoms with van der Waals surface area (Å²) in [6.45, 7) is 5.75. The number of hydrogen-bond donors (Lipinski definition) is 2. The predicted molar refractivity (Wildman–Crippen MR) is 127 cm³/mol. The molecule has 0 spiro atoms. The van der Waals surface area contributed by atoms with E-state index in [0.29, 0.717) is 19.1 Å². The Labute approximate surface area is 191 Å². The monoisotopic (exact) mass is 514 g/mol. The molecule has 3 rings (SSSR count). The van der Waals surface area contributed by atoms with Gasteiger partial charge in [-0.3, -0.25) is 4.79 Å². The normalized spacial score (nSPS) is 19.9. The number of hydrogen-bond acceptors (Lipinski definition) is 3. The molecule has 7 heteroatoms. The Morgan fingerprint density at radius 3 is 2.72 bits per heavy atom. The van der Waals surface area contributed by atoms with Crippen LogP contribution >= 0.6 is 24.0 Å². The first-order chi connectivity index (χ1) is 13.7. The number of guanidine groups is 1. The fourth-order valence-electron chi connectivity index (χ4n) is 4.18. The van der Waals surface area contributed by atoms with E-state index in [1.54, 1.807) is 7.11 Å². The van der Waals surface area contributed by atoms with Gasteiger partial charge in [-0.2, -0.15) is 0 Å². The van der Waals surface area contributed by atoms with Crippen LogP contribution in [0, 0.1) is 5.92 Å². The Morgan fingerprint density at radius 2 is 2.00 bits per heavy atom. The van der Waals surface area contributed by atoms with Gasteiger partial charge in [-0.05, 0) is 37.3 Å². The van der Waals surface area contributed by atoms with Gasteiger partial charge >= 0.3 is 0 Å². The van der Waals surface area contributed by atoms with Crippen molar-refractivity contribution in [1.29, 1.82) is 0 Å². The second-order valence-electron chi connectivity index (χ2n) is 7.84. The molecule has 1 aliphatic carbocycles. The fourth-order valence-corrected chi connectivity index (χ4v) is 4.18. The smallest absolute Gasteiger partial charge is 0.225 e. The third-order valence-corrected chi connectivity index (χ3v) is 5.61. The first-order valence-corrected chi connectivity index (χ1v) is 10.6. The summed E-state index contributed by atoms with van der Waals surface area (Å²) in [5, 5.41) is 6.85. The van der Waals surface area contributed by atoms with E-state index >= 15 is 0 Å². The van der Waals surface area contributed by atoms with Gasteiger partial charge < -0.3 is 20.3 Å². The zero-order valence-corrected chi connectivity index (χ0v) is 20.0. The highest BCUT2D eigenvalue weighted by molar-refractivity contribution is 14.0. The summed E-state index contributed by atoms with van der Waals surface area (Å²) in [6.07, 6.45) is 5.52. The number of aliphatic imine (C=N–C) groups is 1. The Hall–Kier alpha value is -1.35. The van der Waals surface area contributed by atoms with Crippen LogP contribution in [0.5, 0.6) is 0 Å². The van der Waals surface area contributed by atoms with E-state index in [4.69, 9.17) is 9.73 Å². The number of methoxy groups -OCH3 is 1. The van der Waals surface area contributed by atoms with Gasteiger partial charge in [0.1, 0.15) is 0 Å². The van der Waals surface area contributed by atoms with Crippen molar-refractivity contribution in [2.24, 2.45) is 10.9 Å². The zero-order valence-electron chi connectivity index (χ0n) is 17.7. The molecule has 6 nitrogen and oxygen atoms in total. The number of rotatable bonds is 7. The van der Waals surface area contributed by atoms with E-state index in [2.05, 4.69) is 35.8 Å². The van der Waals surface area contributed by atoms with Gasteiger partial charge in [-0.1, -0.05) is 37.1 Å². The zero-order chi connectivity index (χ0) is 19.8. The molecule has 0 radical (unpaired) electrons. The minimum atomic E-state index is 0. The van der Waals surface area contributed by atoms with Gasteiger partial charge in [0.25, 0.3) is 0 Å². The van der Waals surface area contributed by atoms with E-state index in [0.717, 1.165) is 56.0 Å². The SMILES string of the molecule is CCNC(=NCc1cccc(COC)c1)NC1CCN(C(=O)C2CCCC2)C1.I. The summed E-state index contributed by atoms with van der Waals surface area (Å²) in [5.41, 5.74) is 2.32. The second-order valence-corrected chi connectivity index (χ2v) is 7.84. The van der Waals surface area contributed by atoms with Crippen LogP contribution < -0.4 is 10.6 Å². The van der Waals surface area contributed by atoms with Crippen molar-refractivity contribution in [2.75, 3.05) is 26.7 Å². The topological polar surface area (TPSA) is 66.0 Å². The second kappa shape index (κ2) is 12.4. The van der Waals surface area contributed by atoms with Crippen molar-refractivity contribution in [3.8, 4) is 0 Å². The number of likely N-dealkylation sites (tertiary alicyclic amines) is 1. The molecular formula is C22H35IN4O2. The Bertz CT molecular complexity index is 677. The fraction of sp³-hybridized carbons (Fsp3) is 0.636. The summed E-state index contributed by atoms with van der Waals surface area (Å²) in [5.74, 6) is 1.44. The first kappa shape index (κ1) is 23.9. The molecule has 1 aliphatic heterocycles. The molecule has 1 saturated heterocycles. The molecule has 2 aliphatic rings. The van der Waals surface area contributed by atoms with Gasteiger partial charge in [0, 0.05) is 38.7 Å². The van der Waals surface area contributed by atoms with E-state index in [1.165, 1.54) is 12.8 Å². The van der Waals surface area contributed by atoms with Gasteiger partial charge in [0.15, 0.2) is 5.96 Å². The highest BCUT2D eigenvalue weighted by Gasteiger charge is 2.32. The molecule has 1 aromatic rings. The van der Waals surface area contributed by atoms with Crippen molar-refractivity contribution in [3.63, 3.8) is 0 Å². The van der Waals surface area contributed by atoms with Gasteiger partial charge in [-0.15, -0.1) is 24.0 Å². The third-order valence-electron chi connectivity index (χ3n) is 5.61. The maximum atomic E-state index is 12.6. The quantitative estimate of drug-likeness (QED) is 0.333. The Balaban J connectivity index is 0.00000300. The van der Waals surface area contributed by atoms with Crippen LogP contribution in [0.1, 0.15) is 50.2 Å². The van der Waals surface area contributed by atoms with Crippen molar-refractivity contribution < 1.29 is 9.53 Å². The lowest BCUT2D eigenvalue weighted by Gasteiger charge is -2.21. The Morgan fingerprint density at radius 1 is 1.24 bits per heavy atom. The first-order valence-electron chi connectivity index (χ1n) is 10.6. The number of carbonyl (C=O) groups is 1. The lowest BCUT2D eigenvalue weighted by atomic mass is 10.1. The van der Waals surface area contributed by atoms with Gasteiger partial charge in [0.2, 0.25) is 5.91 Å². The minimum absolute atomic E-state index is 0. The van der Waals surface area contributed by atoms with E-state index in [9.17, 15) is 4.79 Å². The van der Waals surface area contributed by atoms with E-state index in [-0.39, 0.29) is 35.9 Å². The highest BCUT2D eigenvalue weighted by atomic mass is 127. The lowest BCUT2D eigenvalue weighted by Crippen LogP contribution is -2.45. The maximum Gasteiger partial charge on any atom is 0.225 e. The van der Waals surface area contributed by atoms with Crippen LogP contribution in [0.4, 0.5) is 0 Å². The van der Waals surface area contributed by atoms with Crippen molar-refractivity contribution in [1.82, 2.24) is 15.5 Å². The molecule has 1 saturated carbocycles. The largest absolute Gasteiger partial charge is 0.380 e. The highest BCUT2D eigenvalue weighted by Crippen LogP contribution is 2.27. The average molecular weight is 514 g/mol. The summed E-state index contributed by atoms with van der Waals surface area (Å²) in [7, 11) is 1.71. The molecule has 1 heterocycles. The summed E-state index contributed by atoms with van der Waals surface area (Å²) >= 11 is 0. The molecular weight excluding hydrogens is 479 g/mol. The molecule has 0 aromatic heterocycles. The van der Waals surface area contributed by atoms with Crippen molar-refractivity contribution in [2.45, 2.75) is 58.2 Å². The van der Waals surface area contributed by atoms with Crippen LogP contribution in [-0.2, 0) is 22.7 Å². The van der Waals surface area contributed by atoms with Gasteiger partial charge in [-0.25, -0.2) is 4.99 Å². The molecule has 1 amide bonds. The molecule has 1 aromatic carbocycles. The molecule has 0 bridgehead atoms. The number of ether oxygens (including phenoxy) is 1. The number of halogens is 1. The van der Waals surface area contributed by atoms with Crippen LogP contribution in [-0.4, -0.2) is 49.6 Å². The number of nitrogens with zero attached hydrogens (tertiary/aromatic N) is 2. The Kier molecular flexibility index (Phi) is 10.2. The number of benzene rings is 1. The maximum absolute atomic E-state index is 12.6. The third kappa shape index (κ3) is 7.13. The molecule has 1 unspecified atom stereocenters. The lowest BCUT2D eigenvalue weighted by molar-refractivity contribution is -0.134. The molecule has 2 N–H and O–H groups in total. The number of amides is 1. The predicted octanol–water partition coefficient (Wildman–Crippen LogP) is 3.30. The number of carbonyl (C=O) groups excluding carboxylic acids is 1. The van der Waals surface area contributed by atoms with Crippen LogP contribution in [0.15, 0.2) is 29.3 Å². The van der Waals surface area contributed by atoms with Crippen LogP contribution in [0.2, 0.25) is 0 Å². The minimum Gasteiger partial charge on any atom is -0.380 e. The number of nitrogens with one attached hydrogen (secondary N) is 2. The summed E-state index contributed by atoms with van der Waals surface area (Å²) in [4.78, 5) is 19.4. The standard InChI is InChI=1S/C22H34N4O2.HI/c1-3-23-22(24-14-17-7-6-8-18(13-17)16-28-2)25-20-11-12-26(15-20)21(27)19-9-4-5-10-19;/h6-8,13,19-20H,3-5,9-12,14-16H2,1-2H3,(H2,23,24,25);1H. The summed E-state index contributed by atoms with van der Waals surface area (Å²) < 4.78 is 5.21.